The van der Waals surface area contributed by atoms with E-state index in [0.29, 0.717) is 43.3 Å². The molecular formula is C32H43N5O4. The van der Waals surface area contributed by atoms with E-state index in [9.17, 15) is 14.4 Å². The largest absolute Gasteiger partial charge is 0.497 e. The van der Waals surface area contributed by atoms with Crippen LogP contribution in [0.1, 0.15) is 54.4 Å². The van der Waals surface area contributed by atoms with E-state index in [1.807, 2.05) is 52.3 Å². The van der Waals surface area contributed by atoms with Gasteiger partial charge >= 0.3 is 0 Å². The van der Waals surface area contributed by atoms with Gasteiger partial charge in [-0.3, -0.25) is 14.4 Å². The van der Waals surface area contributed by atoms with Crippen LogP contribution in [0, 0.1) is 5.92 Å². The molecule has 2 aromatic carbocycles. The van der Waals surface area contributed by atoms with Gasteiger partial charge in [0, 0.05) is 63.8 Å². The van der Waals surface area contributed by atoms with Crippen molar-refractivity contribution in [3.8, 4) is 5.75 Å². The topological polar surface area (TPSA) is 94.2 Å². The van der Waals surface area contributed by atoms with Crippen LogP contribution in [0.3, 0.4) is 0 Å². The van der Waals surface area contributed by atoms with Gasteiger partial charge < -0.3 is 30.1 Å². The minimum atomic E-state index is -0.146. The molecule has 3 amide bonds. The third kappa shape index (κ3) is 7.38. The van der Waals surface area contributed by atoms with E-state index < -0.39 is 0 Å². The number of piperazine rings is 1. The normalized spacial score (nSPS) is 18.5. The summed E-state index contributed by atoms with van der Waals surface area (Å²) in [7, 11) is 1.62. The number of nitrogens with zero attached hydrogens (tertiary/aromatic N) is 3. The van der Waals surface area contributed by atoms with Crippen molar-refractivity contribution in [2.24, 2.45) is 5.92 Å². The predicted octanol–water partition coefficient (Wildman–Crippen LogP) is 3.54. The maximum Gasteiger partial charge on any atom is 0.254 e. The molecule has 5 rings (SSSR count). The van der Waals surface area contributed by atoms with E-state index in [2.05, 4.69) is 15.5 Å². The molecule has 9 heteroatoms. The first-order valence-electron chi connectivity index (χ1n) is 15.1. The fraction of sp³-hybridized carbons (Fsp3) is 0.531. The number of hydrogen-bond acceptors (Lipinski definition) is 6. The Morgan fingerprint density at radius 2 is 1.61 bits per heavy atom. The number of methoxy groups -OCH3 is 1. The Hall–Kier alpha value is -3.59. The fourth-order valence-electron chi connectivity index (χ4n) is 6.21. The van der Waals surface area contributed by atoms with E-state index in [-0.39, 0.29) is 24.2 Å². The number of anilines is 2. The van der Waals surface area contributed by atoms with Gasteiger partial charge in [0.25, 0.3) is 5.91 Å². The van der Waals surface area contributed by atoms with Crippen LogP contribution in [-0.2, 0) is 16.0 Å². The van der Waals surface area contributed by atoms with Gasteiger partial charge in [0.05, 0.1) is 24.9 Å². The van der Waals surface area contributed by atoms with Crippen LogP contribution in [-0.4, -0.2) is 87.0 Å². The molecule has 0 atom stereocenters. The lowest BCUT2D eigenvalue weighted by molar-refractivity contribution is -0.136. The number of rotatable bonds is 7. The molecule has 0 aromatic heterocycles. The molecular weight excluding hydrogens is 518 g/mol. The Labute approximate surface area is 243 Å². The highest BCUT2D eigenvalue weighted by Gasteiger charge is 2.28. The van der Waals surface area contributed by atoms with Crippen molar-refractivity contribution in [1.29, 1.82) is 0 Å². The van der Waals surface area contributed by atoms with Crippen LogP contribution in [0.4, 0.5) is 11.4 Å². The molecule has 2 aliphatic heterocycles. The SMILES string of the molecule is COc1ccc(CC(=O)Nc2cc(C(=O)N3CCNCC3)ccc2N2CCCN(C(=O)C3CCCCC3)CC2)cc1. The van der Waals surface area contributed by atoms with Crippen LogP contribution < -0.4 is 20.3 Å². The highest BCUT2D eigenvalue weighted by atomic mass is 16.5. The molecule has 1 aliphatic carbocycles. The maximum atomic E-state index is 13.3. The second-order valence-electron chi connectivity index (χ2n) is 11.3. The number of nitrogens with one attached hydrogen (secondary N) is 2. The van der Waals surface area contributed by atoms with Gasteiger partial charge in [0.15, 0.2) is 0 Å². The third-order valence-corrected chi connectivity index (χ3v) is 8.55. The van der Waals surface area contributed by atoms with E-state index in [1.54, 1.807) is 7.11 Å². The minimum Gasteiger partial charge on any atom is -0.497 e. The van der Waals surface area contributed by atoms with Crippen LogP contribution in [0.2, 0.25) is 0 Å². The maximum absolute atomic E-state index is 13.3. The van der Waals surface area contributed by atoms with Gasteiger partial charge in [-0.05, 0) is 55.2 Å². The molecule has 2 aromatic rings. The van der Waals surface area contributed by atoms with Gasteiger partial charge in [0.1, 0.15) is 5.75 Å². The number of ether oxygens (including phenoxy) is 1. The summed E-state index contributed by atoms with van der Waals surface area (Å²) in [5.74, 6) is 1.04. The number of carbonyl (C=O) groups is 3. The highest BCUT2D eigenvalue weighted by Crippen LogP contribution is 2.31. The van der Waals surface area contributed by atoms with Crippen molar-refractivity contribution in [3.63, 3.8) is 0 Å². The van der Waals surface area contributed by atoms with E-state index in [1.165, 1.54) is 6.42 Å². The molecule has 220 valence electrons. The second-order valence-corrected chi connectivity index (χ2v) is 11.3. The van der Waals surface area contributed by atoms with Gasteiger partial charge in [-0.2, -0.15) is 0 Å². The molecule has 41 heavy (non-hydrogen) atoms. The zero-order chi connectivity index (χ0) is 28.6. The lowest BCUT2D eigenvalue weighted by Crippen LogP contribution is -2.46. The van der Waals surface area contributed by atoms with Gasteiger partial charge in [-0.1, -0.05) is 31.4 Å². The van der Waals surface area contributed by atoms with Crippen molar-refractivity contribution >= 4 is 29.1 Å². The Bertz CT molecular complexity index is 1210. The van der Waals surface area contributed by atoms with Crippen LogP contribution in [0.25, 0.3) is 0 Å². The smallest absolute Gasteiger partial charge is 0.254 e. The summed E-state index contributed by atoms with van der Waals surface area (Å²) in [6.45, 7) is 5.76. The quantitative estimate of drug-likeness (QED) is 0.537. The predicted molar refractivity (Wildman–Crippen MR) is 161 cm³/mol. The van der Waals surface area contributed by atoms with E-state index >= 15 is 0 Å². The fourth-order valence-corrected chi connectivity index (χ4v) is 6.21. The Morgan fingerprint density at radius 1 is 0.854 bits per heavy atom. The second kappa shape index (κ2) is 13.9. The number of carbonyl (C=O) groups excluding carboxylic acids is 3. The van der Waals surface area contributed by atoms with E-state index in [4.69, 9.17) is 4.74 Å². The summed E-state index contributed by atoms with van der Waals surface area (Å²) in [6, 6.07) is 13.1. The Balaban J connectivity index is 1.33. The number of hydrogen-bond donors (Lipinski definition) is 2. The molecule has 2 heterocycles. The summed E-state index contributed by atoms with van der Waals surface area (Å²) in [6.07, 6.45) is 6.61. The highest BCUT2D eigenvalue weighted by molar-refractivity contribution is 6.00. The molecule has 0 radical (unpaired) electrons. The number of amides is 3. The minimum absolute atomic E-state index is 0.0242. The summed E-state index contributed by atoms with van der Waals surface area (Å²) in [4.78, 5) is 45.9. The first-order chi connectivity index (χ1) is 20.0. The van der Waals surface area contributed by atoms with Crippen molar-refractivity contribution in [1.82, 2.24) is 15.1 Å². The summed E-state index contributed by atoms with van der Waals surface area (Å²) in [5.41, 5.74) is 2.97. The molecule has 2 N–H and O–H groups in total. The lowest BCUT2D eigenvalue weighted by atomic mass is 9.88. The third-order valence-electron chi connectivity index (χ3n) is 8.55. The molecule has 2 saturated heterocycles. The summed E-state index contributed by atoms with van der Waals surface area (Å²) in [5, 5.41) is 6.40. The molecule has 9 nitrogen and oxygen atoms in total. The van der Waals surface area contributed by atoms with Crippen LogP contribution in [0.15, 0.2) is 42.5 Å². The van der Waals surface area contributed by atoms with Crippen LogP contribution in [0.5, 0.6) is 5.75 Å². The summed E-state index contributed by atoms with van der Waals surface area (Å²) >= 11 is 0. The van der Waals surface area contributed by atoms with Crippen LogP contribution >= 0.6 is 0 Å². The average molecular weight is 562 g/mol. The molecule has 3 aliphatic rings. The molecule has 3 fully saturated rings. The van der Waals surface area contributed by atoms with Gasteiger partial charge in [-0.25, -0.2) is 0 Å². The zero-order valence-corrected chi connectivity index (χ0v) is 24.2. The van der Waals surface area contributed by atoms with Crippen molar-refractivity contribution < 1.29 is 19.1 Å². The Morgan fingerprint density at radius 3 is 2.34 bits per heavy atom. The summed E-state index contributed by atoms with van der Waals surface area (Å²) < 4.78 is 5.23. The number of benzene rings is 2. The first kappa shape index (κ1) is 28.9. The molecule has 0 spiro atoms. The standard InChI is InChI=1S/C32H43N5O4/c1-41-27-11-8-24(9-12-27)22-30(38)34-28-23-26(32(40)37-18-14-33-15-19-37)10-13-29(28)35-16-5-17-36(21-20-35)31(39)25-6-3-2-4-7-25/h8-13,23,25,33H,2-7,14-22H2,1H3,(H,34,38). The lowest BCUT2D eigenvalue weighted by Gasteiger charge is -2.30. The van der Waals surface area contributed by atoms with Gasteiger partial charge in [-0.15, -0.1) is 0 Å². The van der Waals surface area contributed by atoms with Crippen molar-refractivity contribution in [2.75, 3.05) is 69.7 Å². The zero-order valence-electron chi connectivity index (χ0n) is 24.2. The van der Waals surface area contributed by atoms with Crippen molar-refractivity contribution in [3.05, 3.63) is 53.6 Å². The first-order valence-corrected chi connectivity index (χ1v) is 15.1. The average Bonchev–Trinajstić information content (AvgIpc) is 3.28. The Kier molecular flexibility index (Phi) is 9.77. The van der Waals surface area contributed by atoms with Crippen molar-refractivity contribution in [2.45, 2.75) is 44.9 Å². The molecule has 0 unspecified atom stereocenters. The van der Waals surface area contributed by atoms with E-state index in [0.717, 1.165) is 75.3 Å². The molecule has 1 saturated carbocycles. The molecule has 0 bridgehead atoms. The monoisotopic (exact) mass is 561 g/mol. The van der Waals surface area contributed by atoms with Gasteiger partial charge in [0.2, 0.25) is 11.8 Å².